The van der Waals surface area contributed by atoms with Gasteiger partial charge < -0.3 is 5.32 Å². The Morgan fingerprint density at radius 3 is 2.61 bits per heavy atom. The first kappa shape index (κ1) is 19.2. The Bertz CT molecular complexity index is 942. The van der Waals surface area contributed by atoms with Gasteiger partial charge >= 0.3 is 0 Å². The Morgan fingerprint density at radius 2 is 1.93 bits per heavy atom. The minimum absolute atomic E-state index is 0.0104. The van der Waals surface area contributed by atoms with Crippen LogP contribution in [0, 0.1) is 13.8 Å². The van der Waals surface area contributed by atoms with Crippen LogP contribution in [0.2, 0.25) is 0 Å². The average Bonchev–Trinajstić information content (AvgIpc) is 3.28. The lowest BCUT2D eigenvalue weighted by Gasteiger charge is -2.31. The van der Waals surface area contributed by atoms with E-state index >= 15 is 0 Å². The summed E-state index contributed by atoms with van der Waals surface area (Å²) in [5.41, 5.74) is 3.30. The van der Waals surface area contributed by atoms with Crippen molar-refractivity contribution in [1.29, 1.82) is 0 Å². The Balaban J connectivity index is 1.29. The highest BCUT2D eigenvalue weighted by Crippen LogP contribution is 2.32. The maximum absolute atomic E-state index is 12.5. The molecule has 0 bridgehead atoms. The fourth-order valence-corrected chi connectivity index (χ4v) is 5.39. The fourth-order valence-electron chi connectivity index (χ4n) is 3.72. The molecule has 4 rings (SSSR count). The number of nitrogens with zero attached hydrogens (tertiary/aromatic N) is 3. The van der Waals surface area contributed by atoms with Gasteiger partial charge in [0.15, 0.2) is 5.13 Å². The maximum atomic E-state index is 12.5. The number of benzene rings is 1. The third kappa shape index (κ3) is 4.48. The molecule has 1 aliphatic heterocycles. The summed E-state index contributed by atoms with van der Waals surface area (Å²) >= 11 is 3.11. The van der Waals surface area contributed by atoms with E-state index in [9.17, 15) is 4.79 Å². The van der Waals surface area contributed by atoms with Gasteiger partial charge in [-0.1, -0.05) is 30.3 Å². The number of anilines is 1. The SMILES string of the molecule is Cc1nc(C)c(-c2csc(NC(=O)CN3CCC(c4ccccc4)CC3)n2)s1. The summed E-state index contributed by atoms with van der Waals surface area (Å²) in [6.45, 7) is 6.33. The molecule has 1 aliphatic rings. The van der Waals surface area contributed by atoms with Crippen molar-refractivity contribution in [2.24, 2.45) is 0 Å². The normalized spacial score (nSPS) is 15.6. The molecule has 1 fully saturated rings. The van der Waals surface area contributed by atoms with Gasteiger partial charge in [-0.25, -0.2) is 9.97 Å². The van der Waals surface area contributed by atoms with E-state index in [1.807, 2.05) is 19.2 Å². The molecule has 0 spiro atoms. The number of hydrogen-bond donors (Lipinski definition) is 1. The number of rotatable bonds is 5. The molecule has 1 amide bonds. The summed E-state index contributed by atoms with van der Waals surface area (Å²) < 4.78 is 0. The molecular weight excluding hydrogens is 388 g/mol. The lowest BCUT2D eigenvalue weighted by Crippen LogP contribution is -2.38. The molecule has 1 aromatic carbocycles. The Hall–Kier alpha value is -2.09. The third-order valence-corrected chi connectivity index (χ3v) is 6.97. The van der Waals surface area contributed by atoms with Crippen molar-refractivity contribution < 1.29 is 4.79 Å². The highest BCUT2D eigenvalue weighted by atomic mass is 32.1. The van der Waals surface area contributed by atoms with Crippen molar-refractivity contribution in [3.63, 3.8) is 0 Å². The van der Waals surface area contributed by atoms with E-state index in [1.54, 1.807) is 11.3 Å². The van der Waals surface area contributed by atoms with Crippen LogP contribution in [0.5, 0.6) is 0 Å². The molecule has 2 aromatic heterocycles. The number of thiazole rings is 2. The number of aryl methyl sites for hydroxylation is 2. The van der Waals surface area contributed by atoms with Gasteiger partial charge in [-0.3, -0.25) is 9.69 Å². The zero-order valence-electron chi connectivity index (χ0n) is 16.1. The quantitative estimate of drug-likeness (QED) is 0.660. The highest BCUT2D eigenvalue weighted by Gasteiger charge is 2.22. The topological polar surface area (TPSA) is 58.1 Å². The van der Waals surface area contributed by atoms with Gasteiger partial charge in [0.25, 0.3) is 0 Å². The molecule has 0 saturated carbocycles. The minimum Gasteiger partial charge on any atom is -0.301 e. The van der Waals surface area contributed by atoms with Crippen molar-refractivity contribution in [2.45, 2.75) is 32.6 Å². The van der Waals surface area contributed by atoms with Crippen molar-refractivity contribution in [1.82, 2.24) is 14.9 Å². The van der Waals surface area contributed by atoms with Gasteiger partial charge in [-0.05, 0) is 51.3 Å². The molecule has 1 saturated heterocycles. The summed E-state index contributed by atoms with van der Waals surface area (Å²) in [7, 11) is 0. The van der Waals surface area contributed by atoms with Gasteiger partial charge in [-0.15, -0.1) is 22.7 Å². The van der Waals surface area contributed by atoms with Crippen LogP contribution in [-0.2, 0) is 4.79 Å². The predicted octanol–water partition coefficient (Wildman–Crippen LogP) is 4.70. The summed E-state index contributed by atoms with van der Waals surface area (Å²) in [4.78, 5) is 24.8. The lowest BCUT2D eigenvalue weighted by molar-refractivity contribution is -0.117. The van der Waals surface area contributed by atoms with E-state index in [1.165, 1.54) is 16.9 Å². The minimum atomic E-state index is 0.0104. The number of hydrogen-bond acceptors (Lipinski definition) is 6. The largest absolute Gasteiger partial charge is 0.301 e. The van der Waals surface area contributed by atoms with E-state index in [0.717, 1.165) is 47.2 Å². The highest BCUT2D eigenvalue weighted by molar-refractivity contribution is 7.16. The number of aromatic nitrogens is 2. The van der Waals surface area contributed by atoms with Crippen molar-refractivity contribution >= 4 is 33.7 Å². The number of carbonyl (C=O) groups excluding carboxylic acids is 1. The molecule has 0 aliphatic carbocycles. The van der Waals surface area contributed by atoms with Gasteiger partial charge in [0.2, 0.25) is 5.91 Å². The molecule has 0 radical (unpaired) electrons. The van der Waals surface area contributed by atoms with Crippen LogP contribution < -0.4 is 5.32 Å². The van der Waals surface area contributed by atoms with Crippen LogP contribution in [0.15, 0.2) is 35.7 Å². The number of carbonyl (C=O) groups is 1. The molecule has 7 heteroatoms. The molecule has 1 N–H and O–H groups in total. The second-order valence-electron chi connectivity index (χ2n) is 7.19. The summed E-state index contributed by atoms with van der Waals surface area (Å²) in [5, 5.41) is 6.64. The number of likely N-dealkylation sites (tertiary alicyclic amines) is 1. The van der Waals surface area contributed by atoms with E-state index in [-0.39, 0.29) is 5.91 Å². The van der Waals surface area contributed by atoms with Crippen LogP contribution in [0.25, 0.3) is 10.6 Å². The van der Waals surface area contributed by atoms with Gasteiger partial charge in [-0.2, -0.15) is 0 Å². The van der Waals surface area contributed by atoms with Crippen molar-refractivity contribution in [2.75, 3.05) is 25.0 Å². The molecular formula is C21H24N4OS2. The lowest BCUT2D eigenvalue weighted by atomic mass is 9.89. The molecule has 146 valence electrons. The van der Waals surface area contributed by atoms with Gasteiger partial charge in [0, 0.05) is 5.38 Å². The van der Waals surface area contributed by atoms with Gasteiger partial charge in [0.05, 0.1) is 27.8 Å². The van der Waals surface area contributed by atoms with Crippen LogP contribution in [0.4, 0.5) is 5.13 Å². The molecule has 28 heavy (non-hydrogen) atoms. The van der Waals surface area contributed by atoms with Crippen LogP contribution in [0.3, 0.4) is 0 Å². The summed E-state index contributed by atoms with van der Waals surface area (Å²) in [6, 6.07) is 10.7. The number of nitrogens with one attached hydrogen (secondary N) is 1. The summed E-state index contributed by atoms with van der Waals surface area (Å²) in [6.07, 6.45) is 2.20. The van der Waals surface area contributed by atoms with Crippen LogP contribution >= 0.6 is 22.7 Å². The van der Waals surface area contributed by atoms with Crippen LogP contribution in [-0.4, -0.2) is 40.4 Å². The molecule has 3 heterocycles. The Morgan fingerprint density at radius 1 is 1.18 bits per heavy atom. The smallest absolute Gasteiger partial charge is 0.240 e. The standard InChI is InChI=1S/C21H24N4OS2/c1-14-20(28-15(2)22-14)18-13-27-21(23-18)24-19(26)12-25-10-8-17(9-11-25)16-6-4-3-5-7-16/h3-7,13,17H,8-12H2,1-2H3,(H,23,24,26). The van der Waals surface area contributed by atoms with Crippen LogP contribution in [0.1, 0.15) is 35.0 Å². The molecule has 0 unspecified atom stereocenters. The average molecular weight is 413 g/mol. The number of piperidine rings is 1. The van der Waals surface area contributed by atoms with Gasteiger partial charge in [0.1, 0.15) is 0 Å². The number of amides is 1. The van der Waals surface area contributed by atoms with E-state index in [0.29, 0.717) is 17.6 Å². The van der Waals surface area contributed by atoms with Crippen molar-refractivity contribution in [3.8, 4) is 10.6 Å². The zero-order valence-corrected chi connectivity index (χ0v) is 17.8. The first-order valence-corrected chi connectivity index (χ1v) is 11.2. The molecule has 3 aromatic rings. The van der Waals surface area contributed by atoms with E-state index < -0.39 is 0 Å². The fraction of sp³-hybridized carbons (Fsp3) is 0.381. The first-order valence-electron chi connectivity index (χ1n) is 9.55. The summed E-state index contributed by atoms with van der Waals surface area (Å²) in [5.74, 6) is 0.615. The Labute approximate surface area is 173 Å². The van der Waals surface area contributed by atoms with E-state index in [2.05, 4.69) is 50.5 Å². The second-order valence-corrected chi connectivity index (χ2v) is 9.26. The van der Waals surface area contributed by atoms with Crippen molar-refractivity contribution in [3.05, 3.63) is 52.0 Å². The monoisotopic (exact) mass is 412 g/mol. The second kappa shape index (κ2) is 8.51. The first-order chi connectivity index (χ1) is 13.6. The van der Waals surface area contributed by atoms with E-state index in [4.69, 9.17) is 0 Å². The molecule has 5 nitrogen and oxygen atoms in total. The predicted molar refractivity (Wildman–Crippen MR) is 116 cm³/mol. The third-order valence-electron chi connectivity index (χ3n) is 5.11. The Kier molecular flexibility index (Phi) is 5.85. The zero-order chi connectivity index (χ0) is 19.5. The molecule has 0 atom stereocenters. The maximum Gasteiger partial charge on any atom is 0.240 e.